The first-order valence-corrected chi connectivity index (χ1v) is 12.1. The fourth-order valence-corrected chi connectivity index (χ4v) is 4.01. The Labute approximate surface area is 209 Å². The second-order valence-electron chi connectivity index (χ2n) is 9.12. The first-order chi connectivity index (χ1) is 17.3. The molecule has 0 unspecified atom stereocenters. The van der Waals surface area contributed by atoms with Gasteiger partial charge in [0, 0.05) is 6.42 Å². The van der Waals surface area contributed by atoms with E-state index in [0.717, 1.165) is 20.8 Å². The molecule has 0 saturated heterocycles. The number of aryl methyl sites for hydroxylation is 1. The molecule has 2 aromatic carbocycles. The van der Waals surface area contributed by atoms with Gasteiger partial charge in [0.05, 0.1) is 6.54 Å². The molecule has 1 atom stereocenters. The molecule has 0 aliphatic heterocycles. The number of benzene rings is 2. The summed E-state index contributed by atoms with van der Waals surface area (Å²) in [4.78, 5) is 52.3. The van der Waals surface area contributed by atoms with E-state index in [2.05, 4.69) is 5.10 Å². The zero-order valence-electron chi connectivity index (χ0n) is 20.6. The van der Waals surface area contributed by atoms with E-state index in [0.29, 0.717) is 23.9 Å². The third kappa shape index (κ3) is 6.82. The summed E-state index contributed by atoms with van der Waals surface area (Å²) in [6, 6.07) is 17.4. The Morgan fingerprint density at radius 1 is 0.972 bits per heavy atom. The van der Waals surface area contributed by atoms with Crippen molar-refractivity contribution in [3.8, 4) is 0 Å². The second kappa shape index (κ2) is 12.7. The van der Waals surface area contributed by atoms with E-state index >= 15 is 0 Å². The van der Waals surface area contributed by atoms with Gasteiger partial charge < -0.3 is 0 Å². The van der Waals surface area contributed by atoms with Gasteiger partial charge in [-0.15, -0.1) is 4.68 Å². The molecule has 0 saturated carbocycles. The highest BCUT2D eigenvalue weighted by Crippen LogP contribution is 2.14. The first-order valence-electron chi connectivity index (χ1n) is 12.1. The Kier molecular flexibility index (Phi) is 9.40. The lowest BCUT2D eigenvalue weighted by Crippen LogP contribution is -2.60. The number of aromatic nitrogens is 3. The van der Waals surface area contributed by atoms with Crippen LogP contribution in [0.4, 0.5) is 0 Å². The zero-order chi connectivity index (χ0) is 26.1. The van der Waals surface area contributed by atoms with Crippen LogP contribution >= 0.6 is 0 Å². The number of nitrogens with zero attached hydrogens (tertiary/aromatic N) is 3. The number of carbonyl (C=O) groups excluding carboxylic acids is 2. The van der Waals surface area contributed by atoms with Crippen LogP contribution in [0.1, 0.15) is 50.7 Å². The summed E-state index contributed by atoms with van der Waals surface area (Å²) in [5.74, 6) is -1.23. The minimum absolute atomic E-state index is 0.0291. The number of rotatable bonds is 12. The molecular weight excluding hydrogens is 462 g/mol. The van der Waals surface area contributed by atoms with Gasteiger partial charge in [-0.05, 0) is 42.7 Å². The van der Waals surface area contributed by atoms with Crippen molar-refractivity contribution < 1.29 is 14.8 Å². The molecule has 3 rings (SSSR count). The maximum atomic E-state index is 13.4. The fraction of sp³-hybridized carbons (Fsp3) is 0.385. The Morgan fingerprint density at radius 2 is 1.58 bits per heavy atom. The van der Waals surface area contributed by atoms with Crippen LogP contribution in [0, 0.1) is 5.92 Å². The molecule has 0 fully saturated rings. The van der Waals surface area contributed by atoms with Crippen molar-refractivity contribution in [2.75, 3.05) is 5.01 Å². The molecule has 36 heavy (non-hydrogen) atoms. The number of hydrogen-bond donors (Lipinski definition) is 3. The first kappa shape index (κ1) is 26.7. The average molecular weight is 496 g/mol. The van der Waals surface area contributed by atoms with Crippen LogP contribution in [0.2, 0.25) is 0 Å². The Hall–Kier alpha value is -3.92. The Bertz CT molecular complexity index is 1250. The lowest BCUT2D eigenvalue weighted by atomic mass is 10.0. The van der Waals surface area contributed by atoms with E-state index < -0.39 is 29.2 Å². The molecule has 2 amide bonds. The van der Waals surface area contributed by atoms with Gasteiger partial charge in [-0.25, -0.2) is 29.9 Å². The lowest BCUT2D eigenvalue weighted by molar-refractivity contribution is -0.134. The molecule has 0 bridgehead atoms. The van der Waals surface area contributed by atoms with Gasteiger partial charge in [0.25, 0.3) is 5.91 Å². The summed E-state index contributed by atoms with van der Waals surface area (Å²) in [5, 5.41) is 12.8. The van der Waals surface area contributed by atoms with Crippen LogP contribution in [0.3, 0.4) is 0 Å². The summed E-state index contributed by atoms with van der Waals surface area (Å²) >= 11 is 0. The Balaban J connectivity index is 1.96. The molecule has 0 aliphatic carbocycles. The molecule has 10 nitrogen and oxygen atoms in total. The summed E-state index contributed by atoms with van der Waals surface area (Å²) in [6.07, 6.45) is 1.76. The van der Waals surface area contributed by atoms with Gasteiger partial charge in [-0.3, -0.25) is 14.8 Å². The third-order valence-electron chi connectivity index (χ3n) is 5.92. The summed E-state index contributed by atoms with van der Waals surface area (Å²) in [6.45, 7) is 3.98. The van der Waals surface area contributed by atoms with Crippen LogP contribution in [-0.2, 0) is 22.6 Å². The van der Waals surface area contributed by atoms with Gasteiger partial charge >= 0.3 is 11.4 Å². The van der Waals surface area contributed by atoms with E-state index in [1.807, 2.05) is 62.4 Å². The summed E-state index contributed by atoms with van der Waals surface area (Å²) in [7, 11) is 0. The van der Waals surface area contributed by atoms with Crippen molar-refractivity contribution in [2.45, 2.75) is 58.5 Å². The molecule has 192 valence electrons. The van der Waals surface area contributed by atoms with E-state index in [1.165, 1.54) is 0 Å². The molecule has 10 heteroatoms. The van der Waals surface area contributed by atoms with Crippen molar-refractivity contribution in [3.63, 3.8) is 0 Å². The minimum Gasteiger partial charge on any atom is -0.289 e. The van der Waals surface area contributed by atoms with E-state index in [4.69, 9.17) is 0 Å². The third-order valence-corrected chi connectivity index (χ3v) is 5.92. The number of H-pyrrole nitrogens is 1. The summed E-state index contributed by atoms with van der Waals surface area (Å²) in [5.41, 5.74) is 1.80. The second-order valence-corrected chi connectivity index (χ2v) is 9.12. The number of hydroxylamine groups is 1. The highest BCUT2D eigenvalue weighted by Gasteiger charge is 2.34. The molecule has 0 spiro atoms. The number of hydrogen-bond acceptors (Lipinski definition) is 5. The van der Waals surface area contributed by atoms with Gasteiger partial charge in [-0.1, -0.05) is 74.5 Å². The van der Waals surface area contributed by atoms with Gasteiger partial charge in [0.1, 0.15) is 6.04 Å². The molecule has 0 aliphatic rings. The van der Waals surface area contributed by atoms with Crippen molar-refractivity contribution in [1.82, 2.24) is 19.9 Å². The van der Waals surface area contributed by atoms with Crippen LogP contribution in [0.25, 0.3) is 0 Å². The minimum atomic E-state index is -1.26. The quantitative estimate of drug-likeness (QED) is 0.262. The van der Waals surface area contributed by atoms with Crippen LogP contribution in [-0.4, -0.2) is 37.5 Å². The van der Waals surface area contributed by atoms with Crippen molar-refractivity contribution in [2.24, 2.45) is 5.92 Å². The van der Waals surface area contributed by atoms with E-state index in [1.54, 1.807) is 17.6 Å². The van der Waals surface area contributed by atoms with Crippen molar-refractivity contribution in [1.29, 1.82) is 0 Å². The molecule has 1 aromatic heterocycles. The van der Waals surface area contributed by atoms with E-state index in [9.17, 15) is 24.4 Å². The van der Waals surface area contributed by atoms with Crippen molar-refractivity contribution >= 4 is 11.8 Å². The topological polar surface area (TPSA) is 129 Å². The van der Waals surface area contributed by atoms with Crippen LogP contribution in [0.15, 0.2) is 70.3 Å². The standard InChI is InChI=1S/C26H33N5O5/c1-19(2)16-17-23(32)30(22(24(33)28-36)15-9-14-20-10-5-3-6-11-20)31-25(34)27-29(26(31)35)18-21-12-7-4-8-13-21/h3-8,10-13,19,22,36H,9,14-18H2,1-2H3,(H,27,34)(H,28,33)/t22-/m0/s1. The Morgan fingerprint density at radius 3 is 2.17 bits per heavy atom. The van der Waals surface area contributed by atoms with E-state index in [-0.39, 0.29) is 25.3 Å². The van der Waals surface area contributed by atoms with Gasteiger partial charge in [-0.2, -0.15) is 0 Å². The molecule has 3 N–H and O–H groups in total. The zero-order valence-corrected chi connectivity index (χ0v) is 20.6. The number of nitrogens with one attached hydrogen (secondary N) is 2. The smallest absolute Gasteiger partial charge is 0.289 e. The highest BCUT2D eigenvalue weighted by molar-refractivity contribution is 5.94. The molecule has 0 radical (unpaired) electrons. The maximum Gasteiger partial charge on any atom is 0.366 e. The number of carbonyl (C=O) groups is 2. The predicted molar refractivity (Wildman–Crippen MR) is 135 cm³/mol. The summed E-state index contributed by atoms with van der Waals surface area (Å²) < 4.78 is 1.77. The fourth-order valence-electron chi connectivity index (χ4n) is 4.01. The lowest BCUT2D eigenvalue weighted by Gasteiger charge is -2.29. The number of amides is 2. The molecular formula is C26H33N5O5. The van der Waals surface area contributed by atoms with Gasteiger partial charge in [0.15, 0.2) is 0 Å². The van der Waals surface area contributed by atoms with Crippen LogP contribution in [0.5, 0.6) is 0 Å². The average Bonchev–Trinajstić information content (AvgIpc) is 3.15. The SMILES string of the molecule is CC(C)CCC(=O)N([C@@H](CCCc1ccccc1)C(=O)NO)n1c(=O)[nH]n(Cc2ccccc2)c1=O. The largest absolute Gasteiger partial charge is 0.366 e. The highest BCUT2D eigenvalue weighted by atomic mass is 16.5. The monoisotopic (exact) mass is 495 g/mol. The van der Waals surface area contributed by atoms with Crippen LogP contribution < -0.4 is 21.9 Å². The number of aromatic amines is 1. The van der Waals surface area contributed by atoms with Gasteiger partial charge in [0.2, 0.25) is 5.91 Å². The maximum absolute atomic E-state index is 13.4. The predicted octanol–water partition coefficient (Wildman–Crippen LogP) is 2.18. The van der Waals surface area contributed by atoms with Crippen molar-refractivity contribution in [3.05, 3.63) is 92.8 Å². The normalized spacial score (nSPS) is 11.9. The molecule has 3 aromatic rings. The molecule has 1 heterocycles.